The van der Waals surface area contributed by atoms with E-state index in [9.17, 15) is 18.8 Å². The topological polar surface area (TPSA) is 73.0 Å². The maximum absolute atomic E-state index is 14.1. The van der Waals surface area contributed by atoms with Crippen LogP contribution in [0.3, 0.4) is 0 Å². The number of halogens is 1. The standard InChI is InChI=1S/C22H33FN4O3/c1-15(2)27(16(3)4)22(30)26-12-10-25(11-13-26)21(29)20(24-17(5)28)14-18-8-6-7-9-19(18)23/h6-9,15-16,20H,10-14H2,1-5H3,(H,24,28). The fourth-order valence-electron chi connectivity index (χ4n) is 3.87. The average molecular weight is 421 g/mol. The average Bonchev–Trinajstić information content (AvgIpc) is 2.67. The minimum absolute atomic E-state index is 0.0307. The molecule has 1 aliphatic heterocycles. The summed E-state index contributed by atoms with van der Waals surface area (Å²) in [6.07, 6.45) is 0.0821. The van der Waals surface area contributed by atoms with Crippen LogP contribution in [0.5, 0.6) is 0 Å². The van der Waals surface area contributed by atoms with E-state index >= 15 is 0 Å². The van der Waals surface area contributed by atoms with Crippen LogP contribution in [0, 0.1) is 5.82 Å². The molecule has 0 radical (unpaired) electrons. The van der Waals surface area contributed by atoms with Gasteiger partial charge in [0.25, 0.3) is 0 Å². The molecule has 1 unspecified atom stereocenters. The van der Waals surface area contributed by atoms with Crippen molar-refractivity contribution in [2.45, 2.75) is 59.2 Å². The van der Waals surface area contributed by atoms with Crippen molar-refractivity contribution < 1.29 is 18.8 Å². The number of urea groups is 1. The smallest absolute Gasteiger partial charge is 0.320 e. The number of benzene rings is 1. The van der Waals surface area contributed by atoms with Crippen LogP contribution >= 0.6 is 0 Å². The Hall–Kier alpha value is -2.64. The molecular formula is C22H33FN4O3. The number of rotatable bonds is 6. The van der Waals surface area contributed by atoms with Gasteiger partial charge in [-0.3, -0.25) is 9.59 Å². The molecule has 1 fully saturated rings. The number of nitrogens with one attached hydrogen (secondary N) is 1. The molecule has 1 aromatic carbocycles. The SMILES string of the molecule is CC(=O)NC(Cc1ccccc1F)C(=O)N1CCN(C(=O)N(C(C)C)C(C)C)CC1. The van der Waals surface area contributed by atoms with Crippen LogP contribution in [-0.4, -0.2) is 76.8 Å². The molecule has 8 heteroatoms. The molecule has 1 heterocycles. The van der Waals surface area contributed by atoms with Gasteiger partial charge >= 0.3 is 6.03 Å². The molecule has 1 saturated heterocycles. The van der Waals surface area contributed by atoms with E-state index in [2.05, 4.69) is 5.32 Å². The second-order valence-electron chi connectivity index (χ2n) is 8.24. The lowest BCUT2D eigenvalue weighted by molar-refractivity contribution is -0.137. The molecule has 0 aliphatic carbocycles. The van der Waals surface area contributed by atoms with Crippen LogP contribution in [0.1, 0.15) is 40.2 Å². The Kier molecular flexibility index (Phi) is 8.20. The lowest BCUT2D eigenvalue weighted by atomic mass is 10.0. The maximum atomic E-state index is 14.1. The third-order valence-corrected chi connectivity index (χ3v) is 5.25. The molecule has 1 N–H and O–H groups in total. The van der Waals surface area contributed by atoms with Gasteiger partial charge in [-0.1, -0.05) is 18.2 Å². The molecule has 30 heavy (non-hydrogen) atoms. The molecular weight excluding hydrogens is 387 g/mol. The van der Waals surface area contributed by atoms with Crippen molar-refractivity contribution in [2.75, 3.05) is 26.2 Å². The zero-order valence-corrected chi connectivity index (χ0v) is 18.5. The van der Waals surface area contributed by atoms with E-state index in [0.29, 0.717) is 31.7 Å². The van der Waals surface area contributed by atoms with Crippen LogP contribution in [-0.2, 0) is 16.0 Å². The lowest BCUT2D eigenvalue weighted by Crippen LogP contribution is -2.59. The summed E-state index contributed by atoms with van der Waals surface area (Å²) in [5.41, 5.74) is 0.378. The minimum Gasteiger partial charge on any atom is -0.344 e. The molecule has 0 aromatic heterocycles. The fourth-order valence-corrected chi connectivity index (χ4v) is 3.87. The van der Waals surface area contributed by atoms with Gasteiger partial charge in [-0.2, -0.15) is 0 Å². The van der Waals surface area contributed by atoms with Crippen LogP contribution in [0.25, 0.3) is 0 Å². The zero-order valence-electron chi connectivity index (χ0n) is 18.5. The first-order valence-electron chi connectivity index (χ1n) is 10.5. The van der Waals surface area contributed by atoms with E-state index in [1.807, 2.05) is 32.6 Å². The Morgan fingerprint density at radius 2 is 1.53 bits per heavy atom. The highest BCUT2D eigenvalue weighted by Gasteiger charge is 2.32. The Bertz CT molecular complexity index is 753. The number of hydrogen-bond acceptors (Lipinski definition) is 3. The summed E-state index contributed by atoms with van der Waals surface area (Å²) in [5.74, 6) is -1.01. The maximum Gasteiger partial charge on any atom is 0.320 e. The molecule has 0 bridgehead atoms. The number of carbonyl (C=O) groups excluding carboxylic acids is 3. The summed E-state index contributed by atoms with van der Waals surface area (Å²) >= 11 is 0. The second-order valence-corrected chi connectivity index (χ2v) is 8.24. The molecule has 7 nitrogen and oxygen atoms in total. The van der Waals surface area contributed by atoms with Crippen LogP contribution < -0.4 is 5.32 Å². The monoisotopic (exact) mass is 420 g/mol. The zero-order chi connectivity index (χ0) is 22.4. The molecule has 4 amide bonds. The Balaban J connectivity index is 2.04. The first-order valence-corrected chi connectivity index (χ1v) is 10.5. The van der Waals surface area contributed by atoms with E-state index < -0.39 is 11.9 Å². The van der Waals surface area contributed by atoms with E-state index in [-0.39, 0.29) is 36.3 Å². The summed E-state index contributed by atoms with van der Waals surface area (Å²) in [6.45, 7) is 10.9. The third-order valence-electron chi connectivity index (χ3n) is 5.25. The molecule has 2 rings (SSSR count). The van der Waals surface area contributed by atoms with Crippen LogP contribution in [0.15, 0.2) is 24.3 Å². The fraction of sp³-hybridized carbons (Fsp3) is 0.591. The minimum atomic E-state index is -0.843. The first-order chi connectivity index (χ1) is 14.1. The summed E-state index contributed by atoms with van der Waals surface area (Å²) < 4.78 is 14.1. The highest BCUT2D eigenvalue weighted by molar-refractivity contribution is 5.87. The number of carbonyl (C=O) groups is 3. The van der Waals surface area contributed by atoms with Gasteiger partial charge in [-0.05, 0) is 39.3 Å². The molecule has 1 atom stereocenters. The van der Waals surface area contributed by atoms with Crippen molar-refractivity contribution in [1.29, 1.82) is 0 Å². The van der Waals surface area contributed by atoms with Gasteiger partial charge in [0.2, 0.25) is 11.8 Å². The van der Waals surface area contributed by atoms with Gasteiger partial charge in [-0.25, -0.2) is 9.18 Å². The number of nitrogens with zero attached hydrogens (tertiary/aromatic N) is 3. The van der Waals surface area contributed by atoms with Gasteiger partial charge in [0, 0.05) is 51.6 Å². The normalized spacial score (nSPS) is 15.3. The predicted molar refractivity (Wildman–Crippen MR) is 113 cm³/mol. The van der Waals surface area contributed by atoms with Gasteiger partial charge in [0.1, 0.15) is 11.9 Å². The van der Waals surface area contributed by atoms with Crippen molar-refractivity contribution in [3.05, 3.63) is 35.6 Å². The van der Waals surface area contributed by atoms with Crippen molar-refractivity contribution in [1.82, 2.24) is 20.0 Å². The predicted octanol–water partition coefficient (Wildman–Crippen LogP) is 2.26. The van der Waals surface area contributed by atoms with E-state index in [1.54, 1.807) is 28.0 Å². The Morgan fingerprint density at radius 3 is 2.03 bits per heavy atom. The van der Waals surface area contributed by atoms with E-state index in [0.717, 1.165) is 0 Å². The summed E-state index contributed by atoms with van der Waals surface area (Å²) in [4.78, 5) is 42.8. The van der Waals surface area contributed by atoms with Gasteiger partial charge in [0.15, 0.2) is 0 Å². The first kappa shape index (κ1) is 23.6. The van der Waals surface area contributed by atoms with Gasteiger partial charge in [0.05, 0.1) is 0 Å². The van der Waals surface area contributed by atoms with Crippen molar-refractivity contribution in [3.63, 3.8) is 0 Å². The van der Waals surface area contributed by atoms with Crippen molar-refractivity contribution >= 4 is 17.8 Å². The number of amides is 4. The molecule has 1 aromatic rings. The molecule has 0 saturated carbocycles. The quantitative estimate of drug-likeness (QED) is 0.767. The number of piperazine rings is 1. The van der Waals surface area contributed by atoms with Crippen molar-refractivity contribution in [2.24, 2.45) is 0 Å². The molecule has 166 valence electrons. The lowest BCUT2D eigenvalue weighted by Gasteiger charge is -2.41. The third kappa shape index (κ3) is 5.93. The highest BCUT2D eigenvalue weighted by Crippen LogP contribution is 2.15. The van der Waals surface area contributed by atoms with Gasteiger partial charge in [-0.15, -0.1) is 0 Å². The summed E-state index contributed by atoms with van der Waals surface area (Å²) in [7, 11) is 0. The highest BCUT2D eigenvalue weighted by atomic mass is 19.1. The van der Waals surface area contributed by atoms with E-state index in [4.69, 9.17) is 0 Å². The Labute approximate surface area is 178 Å². The van der Waals surface area contributed by atoms with E-state index in [1.165, 1.54) is 13.0 Å². The summed E-state index contributed by atoms with van der Waals surface area (Å²) in [5, 5.41) is 2.65. The van der Waals surface area contributed by atoms with Crippen molar-refractivity contribution in [3.8, 4) is 0 Å². The number of hydrogen-bond donors (Lipinski definition) is 1. The largest absolute Gasteiger partial charge is 0.344 e. The van der Waals surface area contributed by atoms with Crippen LogP contribution in [0.2, 0.25) is 0 Å². The van der Waals surface area contributed by atoms with Gasteiger partial charge < -0.3 is 20.0 Å². The Morgan fingerprint density at radius 1 is 1.00 bits per heavy atom. The molecule has 1 aliphatic rings. The summed E-state index contributed by atoms with van der Waals surface area (Å²) in [6, 6.07) is 5.53. The molecule has 0 spiro atoms. The second kappa shape index (κ2) is 10.4. The van der Waals surface area contributed by atoms with Crippen LogP contribution in [0.4, 0.5) is 9.18 Å².